The lowest BCUT2D eigenvalue weighted by Gasteiger charge is -2.06. The second kappa shape index (κ2) is 5.19. The van der Waals surface area contributed by atoms with Crippen LogP contribution in [0.5, 0.6) is 0 Å². The maximum Gasteiger partial charge on any atom is 0.338 e. The molecular weight excluding hydrogens is 216 g/mol. The van der Waals surface area contributed by atoms with Gasteiger partial charge in [-0.1, -0.05) is 6.07 Å². The van der Waals surface area contributed by atoms with Crippen molar-refractivity contribution >= 4 is 11.7 Å². The number of carbonyl (C=O) groups excluding carboxylic acids is 1. The molecule has 0 amide bonds. The van der Waals surface area contributed by atoms with Crippen molar-refractivity contribution in [2.45, 2.75) is 6.61 Å². The summed E-state index contributed by atoms with van der Waals surface area (Å²) in [5, 5.41) is 10.7. The Morgan fingerprint density at radius 3 is 2.75 bits per heavy atom. The van der Waals surface area contributed by atoms with Crippen molar-refractivity contribution in [3.8, 4) is 0 Å². The van der Waals surface area contributed by atoms with E-state index in [0.29, 0.717) is 0 Å². The van der Waals surface area contributed by atoms with E-state index in [1.807, 2.05) is 0 Å². The molecule has 0 radical (unpaired) electrons. The maximum atomic E-state index is 11.3. The van der Waals surface area contributed by atoms with Crippen molar-refractivity contribution in [3.63, 3.8) is 0 Å². The minimum absolute atomic E-state index is 0.0714. The monoisotopic (exact) mass is 226 g/mol. The topological polar surface area (TPSA) is 105 Å². The highest BCUT2D eigenvalue weighted by molar-refractivity contribution is 5.92. The third-order valence-corrected chi connectivity index (χ3v) is 1.98. The van der Waals surface area contributed by atoms with E-state index in [1.165, 1.54) is 25.3 Å². The van der Waals surface area contributed by atoms with E-state index in [-0.39, 0.29) is 23.4 Å². The van der Waals surface area contributed by atoms with Crippen LogP contribution in [0.25, 0.3) is 0 Å². The number of ether oxygens (including phenoxy) is 1. The van der Waals surface area contributed by atoms with Crippen LogP contribution in [0.1, 0.15) is 15.9 Å². The summed E-state index contributed by atoms with van der Waals surface area (Å²) in [5.41, 5.74) is -0.0580. The number of nitrogens with two attached hydrogens (primary N) is 1. The fraction of sp³-hybridized carbons (Fsp3) is 0.222. The Labute approximate surface area is 90.9 Å². The molecule has 0 heterocycles. The van der Waals surface area contributed by atoms with Gasteiger partial charge in [-0.25, -0.2) is 10.7 Å². The van der Waals surface area contributed by atoms with E-state index in [4.69, 9.17) is 5.90 Å². The molecule has 86 valence electrons. The standard InChI is InChI=1S/C9H10N2O5/c1-15-9(12)6-3-2-4-8(11(13)14)7(6)5-16-10/h2-4H,5,10H2,1H3. The number of nitrogens with zero attached hydrogens (tertiary/aromatic N) is 1. The molecule has 16 heavy (non-hydrogen) atoms. The summed E-state index contributed by atoms with van der Waals surface area (Å²) < 4.78 is 4.50. The van der Waals surface area contributed by atoms with E-state index in [9.17, 15) is 14.9 Å². The van der Waals surface area contributed by atoms with E-state index in [2.05, 4.69) is 9.57 Å². The molecule has 0 aliphatic carbocycles. The van der Waals surface area contributed by atoms with Gasteiger partial charge < -0.3 is 4.74 Å². The molecule has 0 saturated heterocycles. The van der Waals surface area contributed by atoms with Crippen LogP contribution in [0.15, 0.2) is 18.2 Å². The molecule has 0 saturated carbocycles. The Morgan fingerprint density at radius 1 is 1.56 bits per heavy atom. The van der Waals surface area contributed by atoms with Crippen molar-refractivity contribution in [2.24, 2.45) is 5.90 Å². The van der Waals surface area contributed by atoms with Gasteiger partial charge in [-0.3, -0.25) is 15.0 Å². The van der Waals surface area contributed by atoms with Crippen LogP contribution in [0, 0.1) is 10.1 Å². The lowest BCUT2D eigenvalue weighted by Crippen LogP contribution is -2.11. The Hall–Kier alpha value is -1.99. The highest BCUT2D eigenvalue weighted by Crippen LogP contribution is 2.23. The van der Waals surface area contributed by atoms with E-state index in [1.54, 1.807) is 0 Å². The zero-order valence-electron chi connectivity index (χ0n) is 8.50. The molecule has 0 unspecified atom stereocenters. The van der Waals surface area contributed by atoms with Crippen LogP contribution in [0.2, 0.25) is 0 Å². The number of methoxy groups -OCH3 is 1. The fourth-order valence-corrected chi connectivity index (χ4v) is 1.28. The number of rotatable bonds is 4. The summed E-state index contributed by atoms with van der Waals surface area (Å²) in [6, 6.07) is 4.07. The highest BCUT2D eigenvalue weighted by atomic mass is 16.6. The minimum Gasteiger partial charge on any atom is -0.465 e. The molecule has 7 nitrogen and oxygen atoms in total. The lowest BCUT2D eigenvalue weighted by molar-refractivity contribution is -0.386. The summed E-state index contributed by atoms with van der Waals surface area (Å²) in [6.07, 6.45) is 0. The Bertz CT molecular complexity index is 418. The normalized spacial score (nSPS) is 9.88. The van der Waals surface area contributed by atoms with Gasteiger partial charge in [0.1, 0.15) is 6.61 Å². The van der Waals surface area contributed by atoms with Crippen LogP contribution in [0.4, 0.5) is 5.69 Å². The quantitative estimate of drug-likeness (QED) is 0.462. The molecule has 0 spiro atoms. The maximum absolute atomic E-state index is 11.3. The average molecular weight is 226 g/mol. The molecule has 0 fully saturated rings. The van der Waals surface area contributed by atoms with Crippen molar-refractivity contribution in [3.05, 3.63) is 39.4 Å². The molecular formula is C9H10N2O5. The van der Waals surface area contributed by atoms with Crippen LogP contribution in [-0.4, -0.2) is 18.0 Å². The summed E-state index contributed by atoms with van der Waals surface area (Å²) in [4.78, 5) is 25.8. The fourth-order valence-electron chi connectivity index (χ4n) is 1.28. The number of esters is 1. The van der Waals surface area contributed by atoms with Crippen molar-refractivity contribution < 1.29 is 19.3 Å². The highest BCUT2D eigenvalue weighted by Gasteiger charge is 2.21. The number of hydrogen-bond acceptors (Lipinski definition) is 6. The van der Waals surface area contributed by atoms with E-state index < -0.39 is 10.9 Å². The van der Waals surface area contributed by atoms with Crippen LogP contribution in [-0.2, 0) is 16.2 Å². The van der Waals surface area contributed by atoms with Crippen LogP contribution < -0.4 is 5.90 Å². The number of hydrogen-bond donors (Lipinski definition) is 1. The Balaban J connectivity index is 3.32. The van der Waals surface area contributed by atoms with E-state index >= 15 is 0 Å². The van der Waals surface area contributed by atoms with Gasteiger partial charge in [-0.2, -0.15) is 0 Å². The van der Waals surface area contributed by atoms with Crippen molar-refractivity contribution in [1.29, 1.82) is 0 Å². The Kier molecular flexibility index (Phi) is 3.92. The minimum atomic E-state index is -0.671. The van der Waals surface area contributed by atoms with Gasteiger partial charge in [0.05, 0.1) is 23.2 Å². The van der Waals surface area contributed by atoms with Crippen molar-refractivity contribution in [1.82, 2.24) is 0 Å². The summed E-state index contributed by atoms with van der Waals surface area (Å²) in [6.45, 7) is -0.235. The first-order valence-corrected chi connectivity index (χ1v) is 4.28. The first-order valence-electron chi connectivity index (χ1n) is 4.28. The predicted octanol–water partition coefficient (Wildman–Crippen LogP) is 0.772. The first-order chi connectivity index (χ1) is 7.61. The van der Waals surface area contributed by atoms with Gasteiger partial charge >= 0.3 is 5.97 Å². The second-order valence-corrected chi connectivity index (χ2v) is 2.86. The predicted molar refractivity (Wildman–Crippen MR) is 53.4 cm³/mol. The number of nitro benzene ring substituents is 1. The van der Waals surface area contributed by atoms with Gasteiger partial charge in [0.25, 0.3) is 5.69 Å². The molecule has 1 aromatic rings. The molecule has 0 aromatic heterocycles. The molecule has 0 bridgehead atoms. The van der Waals surface area contributed by atoms with Crippen molar-refractivity contribution in [2.75, 3.05) is 7.11 Å². The summed E-state index contributed by atoms with van der Waals surface area (Å²) in [7, 11) is 1.19. The SMILES string of the molecule is COC(=O)c1cccc([N+](=O)[O-])c1CON. The Morgan fingerprint density at radius 2 is 2.25 bits per heavy atom. The second-order valence-electron chi connectivity index (χ2n) is 2.86. The number of nitro groups is 1. The molecule has 2 N–H and O–H groups in total. The number of benzene rings is 1. The lowest BCUT2D eigenvalue weighted by atomic mass is 10.1. The average Bonchev–Trinajstić information content (AvgIpc) is 2.28. The first kappa shape index (κ1) is 12.1. The van der Waals surface area contributed by atoms with Gasteiger partial charge in [0, 0.05) is 6.07 Å². The zero-order valence-corrected chi connectivity index (χ0v) is 8.50. The smallest absolute Gasteiger partial charge is 0.338 e. The molecule has 0 atom stereocenters. The largest absolute Gasteiger partial charge is 0.465 e. The molecule has 0 aliphatic rings. The number of carbonyl (C=O) groups is 1. The van der Waals surface area contributed by atoms with Crippen LogP contribution >= 0.6 is 0 Å². The molecule has 1 rings (SSSR count). The van der Waals surface area contributed by atoms with Gasteiger partial charge in [-0.15, -0.1) is 0 Å². The molecule has 0 aliphatic heterocycles. The van der Waals surface area contributed by atoms with Crippen LogP contribution in [0.3, 0.4) is 0 Å². The van der Waals surface area contributed by atoms with E-state index in [0.717, 1.165) is 0 Å². The van der Waals surface area contributed by atoms with Gasteiger partial charge in [0.15, 0.2) is 0 Å². The van der Waals surface area contributed by atoms with Gasteiger partial charge in [0.2, 0.25) is 0 Å². The van der Waals surface area contributed by atoms with Gasteiger partial charge in [-0.05, 0) is 6.07 Å². The molecule has 7 heteroatoms. The molecule has 1 aromatic carbocycles. The third kappa shape index (κ3) is 2.33. The summed E-state index contributed by atoms with van der Waals surface area (Å²) >= 11 is 0. The zero-order chi connectivity index (χ0) is 12.1. The third-order valence-electron chi connectivity index (χ3n) is 1.98. The summed E-state index contributed by atoms with van der Waals surface area (Å²) in [5.74, 6) is 4.19.